The highest BCUT2D eigenvalue weighted by Gasteiger charge is 2.22. The summed E-state index contributed by atoms with van der Waals surface area (Å²) in [6, 6.07) is 3.79. The van der Waals surface area contributed by atoms with E-state index in [0.717, 1.165) is 29.4 Å². The molecule has 1 aromatic rings. The molecule has 2 N–H and O–H groups in total. The van der Waals surface area contributed by atoms with Crippen LogP contribution in [-0.4, -0.2) is 11.7 Å². The third kappa shape index (κ3) is 1.76. The lowest BCUT2D eigenvalue weighted by molar-refractivity contribution is 0.456. The van der Waals surface area contributed by atoms with Crippen molar-refractivity contribution in [3.63, 3.8) is 0 Å². The first-order valence-corrected chi connectivity index (χ1v) is 5.77. The van der Waals surface area contributed by atoms with Gasteiger partial charge in [0.1, 0.15) is 5.75 Å². The van der Waals surface area contributed by atoms with Crippen molar-refractivity contribution in [2.75, 3.05) is 6.54 Å². The van der Waals surface area contributed by atoms with E-state index in [1.165, 1.54) is 0 Å². The van der Waals surface area contributed by atoms with E-state index in [4.69, 9.17) is 11.6 Å². The Kier molecular flexibility index (Phi) is 3.00. The molecule has 4 heteroatoms. The van der Waals surface area contributed by atoms with Gasteiger partial charge in [-0.1, -0.05) is 27.5 Å². The van der Waals surface area contributed by atoms with Gasteiger partial charge in [0.15, 0.2) is 0 Å². The molecule has 2 nitrogen and oxygen atoms in total. The van der Waals surface area contributed by atoms with E-state index in [-0.39, 0.29) is 11.8 Å². The van der Waals surface area contributed by atoms with Crippen LogP contribution in [0.4, 0.5) is 0 Å². The van der Waals surface area contributed by atoms with E-state index in [1.54, 1.807) is 6.07 Å². The Morgan fingerprint density at radius 1 is 1.50 bits per heavy atom. The molecule has 1 aliphatic rings. The Balaban J connectivity index is 2.44. The maximum absolute atomic E-state index is 9.84. The average Bonchev–Trinajstić information content (AvgIpc) is 2.65. The second-order valence-corrected chi connectivity index (χ2v) is 4.70. The summed E-state index contributed by atoms with van der Waals surface area (Å²) in [4.78, 5) is 0. The largest absolute Gasteiger partial charge is 0.506 e. The maximum atomic E-state index is 9.84. The summed E-state index contributed by atoms with van der Waals surface area (Å²) in [6.45, 7) is 1.00. The minimum Gasteiger partial charge on any atom is -0.506 e. The third-order valence-corrected chi connectivity index (χ3v) is 3.52. The fraction of sp³-hybridized carbons (Fsp3) is 0.400. The summed E-state index contributed by atoms with van der Waals surface area (Å²) >= 11 is 9.30. The molecule has 0 radical (unpaired) electrons. The molecule has 1 aromatic carbocycles. The summed E-state index contributed by atoms with van der Waals surface area (Å²) < 4.78 is 0.916. The van der Waals surface area contributed by atoms with Crippen LogP contribution in [0.15, 0.2) is 16.6 Å². The second kappa shape index (κ2) is 4.09. The van der Waals surface area contributed by atoms with Crippen molar-refractivity contribution in [1.29, 1.82) is 0 Å². The van der Waals surface area contributed by atoms with Gasteiger partial charge < -0.3 is 10.4 Å². The molecule has 1 atom stereocenters. The molecule has 0 spiro atoms. The van der Waals surface area contributed by atoms with Gasteiger partial charge in [-0.25, -0.2) is 0 Å². The number of aromatic hydroxyl groups is 1. The average molecular weight is 277 g/mol. The third-order valence-electron chi connectivity index (χ3n) is 2.52. The molecule has 0 unspecified atom stereocenters. The molecule has 0 saturated carbocycles. The normalized spacial score (nSPS) is 21.4. The van der Waals surface area contributed by atoms with E-state index in [0.29, 0.717) is 5.02 Å². The van der Waals surface area contributed by atoms with E-state index >= 15 is 0 Å². The zero-order valence-corrected chi connectivity index (χ0v) is 9.90. The summed E-state index contributed by atoms with van der Waals surface area (Å²) in [5.41, 5.74) is 0.884. The highest BCUT2D eigenvalue weighted by molar-refractivity contribution is 9.10. The van der Waals surface area contributed by atoms with Crippen molar-refractivity contribution in [2.24, 2.45) is 0 Å². The molecule has 1 aliphatic heterocycles. The van der Waals surface area contributed by atoms with Crippen LogP contribution in [0.5, 0.6) is 5.75 Å². The van der Waals surface area contributed by atoms with Crippen molar-refractivity contribution >= 4 is 27.5 Å². The Labute approximate surface area is 96.4 Å². The summed E-state index contributed by atoms with van der Waals surface area (Å²) in [5.74, 6) is 0.195. The van der Waals surface area contributed by atoms with Gasteiger partial charge in [0.2, 0.25) is 0 Å². The zero-order valence-electron chi connectivity index (χ0n) is 7.56. The molecular weight excluding hydrogens is 265 g/mol. The molecule has 76 valence electrons. The molecule has 1 fully saturated rings. The Morgan fingerprint density at radius 2 is 2.29 bits per heavy atom. The van der Waals surface area contributed by atoms with Crippen LogP contribution in [-0.2, 0) is 0 Å². The number of nitrogens with one attached hydrogen (secondary N) is 1. The van der Waals surface area contributed by atoms with E-state index < -0.39 is 0 Å². The second-order valence-electron chi connectivity index (χ2n) is 3.44. The monoisotopic (exact) mass is 275 g/mol. The molecule has 0 amide bonds. The zero-order chi connectivity index (χ0) is 10.1. The lowest BCUT2D eigenvalue weighted by Gasteiger charge is -2.15. The van der Waals surface area contributed by atoms with Gasteiger partial charge in [-0.05, 0) is 31.5 Å². The SMILES string of the molecule is Oc1c(Cl)ccc(Br)c1[C@@H]1CCCN1. The highest BCUT2D eigenvalue weighted by atomic mass is 79.9. The van der Waals surface area contributed by atoms with Gasteiger partial charge in [0, 0.05) is 16.1 Å². The van der Waals surface area contributed by atoms with Crippen LogP contribution < -0.4 is 5.32 Å². The molecule has 0 bridgehead atoms. The Bertz CT molecular complexity index is 350. The van der Waals surface area contributed by atoms with Crippen LogP contribution in [0.1, 0.15) is 24.4 Å². The van der Waals surface area contributed by atoms with Gasteiger partial charge in [-0.2, -0.15) is 0 Å². The topological polar surface area (TPSA) is 32.3 Å². The van der Waals surface area contributed by atoms with E-state index in [9.17, 15) is 5.11 Å². The number of phenols is 1. The molecule has 0 aromatic heterocycles. The van der Waals surface area contributed by atoms with Gasteiger partial charge in [-0.15, -0.1) is 0 Å². The van der Waals surface area contributed by atoms with Gasteiger partial charge in [0.05, 0.1) is 5.02 Å². The standard InChI is InChI=1S/C10H11BrClNO/c11-6-3-4-7(12)10(14)9(6)8-2-1-5-13-8/h3-4,8,13-14H,1-2,5H2/t8-/m0/s1. The Hall–Kier alpha value is -0.250. The lowest BCUT2D eigenvalue weighted by Crippen LogP contribution is -2.13. The quantitative estimate of drug-likeness (QED) is 0.825. The van der Waals surface area contributed by atoms with Crippen LogP contribution in [0.3, 0.4) is 0 Å². The van der Waals surface area contributed by atoms with Crippen LogP contribution >= 0.6 is 27.5 Å². The van der Waals surface area contributed by atoms with Crippen molar-refractivity contribution < 1.29 is 5.11 Å². The number of phenolic OH excluding ortho intramolecular Hbond substituents is 1. The summed E-state index contributed by atoms with van der Waals surface area (Å²) in [7, 11) is 0. The predicted molar refractivity (Wildman–Crippen MR) is 60.8 cm³/mol. The first-order chi connectivity index (χ1) is 6.70. The molecular formula is C10H11BrClNO. The number of benzene rings is 1. The fourth-order valence-electron chi connectivity index (χ4n) is 1.82. The maximum Gasteiger partial charge on any atom is 0.140 e. The molecule has 14 heavy (non-hydrogen) atoms. The van der Waals surface area contributed by atoms with Crippen molar-refractivity contribution in [1.82, 2.24) is 5.32 Å². The number of rotatable bonds is 1. The smallest absolute Gasteiger partial charge is 0.140 e. The molecule has 1 heterocycles. The summed E-state index contributed by atoms with van der Waals surface area (Å²) in [5, 5.41) is 13.6. The Morgan fingerprint density at radius 3 is 2.93 bits per heavy atom. The van der Waals surface area contributed by atoms with Crippen molar-refractivity contribution in [3.05, 3.63) is 27.2 Å². The predicted octanol–water partition coefficient (Wildman–Crippen LogP) is 3.23. The minimum atomic E-state index is 0.195. The molecule has 2 rings (SSSR count). The van der Waals surface area contributed by atoms with Crippen molar-refractivity contribution in [2.45, 2.75) is 18.9 Å². The highest BCUT2D eigenvalue weighted by Crippen LogP contribution is 2.39. The number of hydrogen-bond acceptors (Lipinski definition) is 2. The van der Waals surface area contributed by atoms with Gasteiger partial charge in [-0.3, -0.25) is 0 Å². The van der Waals surface area contributed by atoms with E-state index in [2.05, 4.69) is 21.2 Å². The van der Waals surface area contributed by atoms with Crippen molar-refractivity contribution in [3.8, 4) is 5.75 Å². The van der Waals surface area contributed by atoms with E-state index in [1.807, 2.05) is 6.07 Å². The minimum absolute atomic E-state index is 0.195. The number of halogens is 2. The van der Waals surface area contributed by atoms with Gasteiger partial charge >= 0.3 is 0 Å². The summed E-state index contributed by atoms with van der Waals surface area (Å²) in [6.07, 6.45) is 2.19. The van der Waals surface area contributed by atoms with Crippen LogP contribution in [0, 0.1) is 0 Å². The lowest BCUT2D eigenvalue weighted by atomic mass is 10.0. The first-order valence-electron chi connectivity index (χ1n) is 4.60. The first kappa shape index (κ1) is 10.3. The van der Waals surface area contributed by atoms with Crippen LogP contribution in [0.25, 0.3) is 0 Å². The molecule has 1 saturated heterocycles. The number of hydrogen-bond donors (Lipinski definition) is 2. The van der Waals surface area contributed by atoms with Gasteiger partial charge in [0.25, 0.3) is 0 Å². The fourth-order valence-corrected chi connectivity index (χ4v) is 2.58. The molecule has 0 aliphatic carbocycles. The van der Waals surface area contributed by atoms with Crippen LogP contribution in [0.2, 0.25) is 5.02 Å².